The molecule has 0 aliphatic rings. The fourth-order valence-electron chi connectivity index (χ4n) is 1.96. The summed E-state index contributed by atoms with van der Waals surface area (Å²) in [7, 11) is 1.82. The van der Waals surface area contributed by atoms with Gasteiger partial charge in [-0.25, -0.2) is 0 Å². The van der Waals surface area contributed by atoms with Gasteiger partial charge < -0.3 is 4.90 Å². The predicted octanol–water partition coefficient (Wildman–Crippen LogP) is 4.01. The molecule has 0 radical (unpaired) electrons. The summed E-state index contributed by atoms with van der Waals surface area (Å²) in [4.78, 5) is 14.0. The first-order valence-electron chi connectivity index (χ1n) is 6.26. The molecule has 2 rings (SSSR count). The molecule has 1 heterocycles. The molecule has 2 nitrogen and oxygen atoms in total. The Bertz CT molecular complexity index is 570. The zero-order valence-corrected chi connectivity index (χ0v) is 14.4. The zero-order chi connectivity index (χ0) is 14.5. The number of nitrogens with zero attached hydrogens (tertiary/aromatic N) is 1. The summed E-state index contributed by atoms with van der Waals surface area (Å²) in [6.45, 7) is 0.618. The van der Waals surface area contributed by atoms with E-state index in [1.54, 1.807) is 16.2 Å². The van der Waals surface area contributed by atoms with Crippen LogP contribution in [0.3, 0.4) is 0 Å². The van der Waals surface area contributed by atoms with Crippen molar-refractivity contribution in [1.82, 2.24) is 4.90 Å². The van der Waals surface area contributed by atoms with Crippen LogP contribution < -0.4 is 0 Å². The topological polar surface area (TPSA) is 20.3 Å². The van der Waals surface area contributed by atoms with E-state index >= 15 is 0 Å². The number of hydrogen-bond donors (Lipinski definition) is 1. The van der Waals surface area contributed by atoms with E-state index in [4.69, 9.17) is 0 Å². The van der Waals surface area contributed by atoms with Gasteiger partial charge in [-0.2, -0.15) is 12.6 Å². The molecular weight excluding hydrogens is 354 g/mol. The van der Waals surface area contributed by atoms with Crippen LogP contribution in [-0.2, 0) is 17.8 Å². The van der Waals surface area contributed by atoms with Crippen LogP contribution in [0.2, 0.25) is 0 Å². The number of carbonyl (C=O) groups excluding carboxylic acids is 1. The summed E-state index contributed by atoms with van der Waals surface area (Å²) in [5.74, 6) is 0.0551. The van der Waals surface area contributed by atoms with Crippen LogP contribution in [0.25, 0.3) is 0 Å². The molecule has 0 saturated heterocycles. The van der Waals surface area contributed by atoms with Gasteiger partial charge >= 0.3 is 0 Å². The summed E-state index contributed by atoms with van der Waals surface area (Å²) >= 11 is 9.51. The summed E-state index contributed by atoms with van der Waals surface area (Å²) in [6, 6.07) is 12.0. The second kappa shape index (κ2) is 7.29. The third kappa shape index (κ3) is 4.36. The largest absolute Gasteiger partial charge is 0.340 e. The molecule has 1 unspecified atom stereocenters. The second-order valence-electron chi connectivity index (χ2n) is 4.66. The summed E-state index contributed by atoms with van der Waals surface area (Å²) < 4.78 is 1.08. The number of hydrogen-bond acceptors (Lipinski definition) is 3. The minimum absolute atomic E-state index is 0.0551. The Hall–Kier alpha value is -0.780. The third-order valence-electron chi connectivity index (χ3n) is 2.97. The molecule has 1 amide bonds. The molecule has 5 heteroatoms. The highest BCUT2D eigenvalue weighted by Gasteiger charge is 2.19. The molecule has 0 aliphatic heterocycles. The van der Waals surface area contributed by atoms with Crippen LogP contribution in [0.15, 0.2) is 45.6 Å². The molecule has 0 aliphatic carbocycles. The number of thiol groups is 1. The average Bonchev–Trinajstić information content (AvgIpc) is 2.84. The van der Waals surface area contributed by atoms with E-state index in [1.807, 2.05) is 43.4 Å². The maximum atomic E-state index is 12.3. The molecule has 0 bridgehead atoms. The highest BCUT2D eigenvalue weighted by molar-refractivity contribution is 9.11. The van der Waals surface area contributed by atoms with E-state index in [0.29, 0.717) is 13.0 Å². The first-order chi connectivity index (χ1) is 9.56. The van der Waals surface area contributed by atoms with Crippen LogP contribution in [-0.4, -0.2) is 23.1 Å². The van der Waals surface area contributed by atoms with Crippen molar-refractivity contribution in [2.75, 3.05) is 7.05 Å². The number of halogens is 1. The van der Waals surface area contributed by atoms with E-state index in [9.17, 15) is 4.79 Å². The number of benzene rings is 1. The molecule has 0 fully saturated rings. The van der Waals surface area contributed by atoms with Crippen LogP contribution in [0.4, 0.5) is 0 Å². The monoisotopic (exact) mass is 369 g/mol. The molecule has 20 heavy (non-hydrogen) atoms. The van der Waals surface area contributed by atoms with Crippen molar-refractivity contribution >= 4 is 45.8 Å². The Morgan fingerprint density at radius 3 is 2.65 bits per heavy atom. The minimum atomic E-state index is -0.301. The lowest BCUT2D eigenvalue weighted by Gasteiger charge is -2.20. The Morgan fingerprint density at radius 2 is 2.05 bits per heavy atom. The van der Waals surface area contributed by atoms with Gasteiger partial charge in [-0.1, -0.05) is 30.3 Å². The van der Waals surface area contributed by atoms with E-state index in [2.05, 4.69) is 33.9 Å². The number of carbonyl (C=O) groups is 1. The lowest BCUT2D eigenvalue weighted by Crippen LogP contribution is -2.34. The number of thiophene rings is 1. The maximum absolute atomic E-state index is 12.3. The van der Waals surface area contributed by atoms with Crippen molar-refractivity contribution in [2.24, 2.45) is 0 Å². The smallest absolute Gasteiger partial charge is 0.235 e. The average molecular weight is 370 g/mol. The van der Waals surface area contributed by atoms with Crippen LogP contribution in [0.1, 0.15) is 11.1 Å². The standard InChI is InChI=1S/C15H16BrNOS2/c1-17(9-12-8-14(16)20-10-12)15(18)13(19)7-11-5-3-2-4-6-11/h2-6,8,10,13,19H,7,9H2,1H3. The Morgan fingerprint density at radius 1 is 1.35 bits per heavy atom. The first kappa shape index (κ1) is 15.6. The third-order valence-corrected chi connectivity index (χ3v) is 4.93. The van der Waals surface area contributed by atoms with Gasteiger partial charge in [-0.05, 0) is 44.9 Å². The molecule has 0 saturated carbocycles. The second-order valence-corrected chi connectivity index (χ2v) is 7.57. The van der Waals surface area contributed by atoms with Crippen molar-refractivity contribution in [2.45, 2.75) is 18.2 Å². The van der Waals surface area contributed by atoms with Gasteiger partial charge in [-0.15, -0.1) is 11.3 Å². The van der Waals surface area contributed by atoms with Crippen LogP contribution in [0, 0.1) is 0 Å². The van der Waals surface area contributed by atoms with Gasteiger partial charge in [-0.3, -0.25) is 4.79 Å². The van der Waals surface area contributed by atoms with Gasteiger partial charge in [0.2, 0.25) is 5.91 Å². The zero-order valence-electron chi connectivity index (χ0n) is 11.1. The van der Waals surface area contributed by atoms with E-state index in [0.717, 1.165) is 14.9 Å². The fourth-order valence-corrected chi connectivity index (χ4v) is 3.57. The van der Waals surface area contributed by atoms with Gasteiger partial charge in [0.1, 0.15) is 0 Å². The number of amides is 1. The molecule has 0 N–H and O–H groups in total. The predicted molar refractivity (Wildman–Crippen MR) is 91.4 cm³/mol. The number of rotatable bonds is 5. The van der Waals surface area contributed by atoms with E-state index in [-0.39, 0.29) is 11.2 Å². The minimum Gasteiger partial charge on any atom is -0.340 e. The summed E-state index contributed by atoms with van der Waals surface area (Å²) in [5, 5.41) is 1.75. The van der Waals surface area contributed by atoms with Crippen LogP contribution in [0.5, 0.6) is 0 Å². The van der Waals surface area contributed by atoms with Crippen molar-refractivity contribution in [3.63, 3.8) is 0 Å². The molecular formula is C15H16BrNOS2. The molecule has 1 aromatic heterocycles. The molecule has 1 atom stereocenters. The van der Waals surface area contributed by atoms with Gasteiger partial charge in [0.05, 0.1) is 9.04 Å². The van der Waals surface area contributed by atoms with Crippen molar-refractivity contribution in [3.05, 3.63) is 56.7 Å². The molecule has 0 spiro atoms. The summed E-state index contributed by atoms with van der Waals surface area (Å²) in [6.07, 6.45) is 0.653. The molecule has 2 aromatic rings. The van der Waals surface area contributed by atoms with Crippen LogP contribution >= 0.6 is 39.9 Å². The van der Waals surface area contributed by atoms with E-state index < -0.39 is 0 Å². The Balaban J connectivity index is 1.92. The van der Waals surface area contributed by atoms with Gasteiger partial charge in [0.15, 0.2) is 0 Å². The quantitative estimate of drug-likeness (QED) is 0.789. The van der Waals surface area contributed by atoms with Crippen molar-refractivity contribution in [1.29, 1.82) is 0 Å². The summed E-state index contributed by atoms with van der Waals surface area (Å²) in [5.41, 5.74) is 2.27. The first-order valence-corrected chi connectivity index (χ1v) is 8.45. The Kier molecular flexibility index (Phi) is 5.69. The van der Waals surface area contributed by atoms with Gasteiger partial charge in [0.25, 0.3) is 0 Å². The lowest BCUT2D eigenvalue weighted by atomic mass is 10.1. The van der Waals surface area contributed by atoms with Gasteiger partial charge in [0, 0.05) is 13.6 Å². The molecule has 106 valence electrons. The maximum Gasteiger partial charge on any atom is 0.235 e. The SMILES string of the molecule is CN(Cc1csc(Br)c1)C(=O)C(S)Cc1ccccc1. The Labute approximate surface area is 137 Å². The highest BCUT2D eigenvalue weighted by Crippen LogP contribution is 2.22. The normalized spacial score (nSPS) is 12.2. The molecule has 1 aromatic carbocycles. The fraction of sp³-hybridized carbons (Fsp3) is 0.267. The highest BCUT2D eigenvalue weighted by atomic mass is 79.9. The lowest BCUT2D eigenvalue weighted by molar-refractivity contribution is -0.129. The van der Waals surface area contributed by atoms with Crippen molar-refractivity contribution in [3.8, 4) is 0 Å². The van der Waals surface area contributed by atoms with Crippen molar-refractivity contribution < 1.29 is 4.79 Å². The van der Waals surface area contributed by atoms with E-state index in [1.165, 1.54) is 0 Å².